The third-order valence-corrected chi connectivity index (χ3v) is 4.37. The van der Waals surface area contributed by atoms with E-state index < -0.39 is 0 Å². The highest BCUT2D eigenvalue weighted by Gasteiger charge is 2.25. The number of ether oxygens (including phenoxy) is 1. The Morgan fingerprint density at radius 2 is 2.29 bits per heavy atom. The Bertz CT molecular complexity index is 413. The fourth-order valence-electron chi connectivity index (χ4n) is 1.80. The topological polar surface area (TPSA) is 29.5 Å². The Balaban J connectivity index is 2.12. The molecule has 0 bridgehead atoms. The van der Waals surface area contributed by atoms with Crippen LogP contribution in [-0.2, 0) is 4.74 Å². The summed E-state index contributed by atoms with van der Waals surface area (Å²) in [5.41, 5.74) is 0.781. The lowest BCUT2D eigenvalue weighted by Crippen LogP contribution is -2.46. The van der Waals surface area contributed by atoms with Gasteiger partial charge in [-0.15, -0.1) is 0 Å². The van der Waals surface area contributed by atoms with Crippen molar-refractivity contribution < 1.29 is 9.53 Å². The molecule has 3 nitrogen and oxygen atoms in total. The van der Waals surface area contributed by atoms with Crippen molar-refractivity contribution in [2.75, 3.05) is 25.0 Å². The number of rotatable bonds is 2. The molecule has 0 radical (unpaired) electrons. The molecule has 1 atom stereocenters. The molecule has 1 saturated heterocycles. The van der Waals surface area contributed by atoms with Gasteiger partial charge in [0.1, 0.15) is 0 Å². The summed E-state index contributed by atoms with van der Waals surface area (Å²) in [5.74, 6) is 0.101. The van der Waals surface area contributed by atoms with Crippen LogP contribution in [-0.4, -0.2) is 41.9 Å². The normalized spacial score (nSPS) is 20.4. The van der Waals surface area contributed by atoms with E-state index in [1.807, 2.05) is 29.2 Å². The number of halogens is 2. The molecule has 5 heteroatoms. The average molecular weight is 410 g/mol. The molecule has 1 amide bonds. The summed E-state index contributed by atoms with van der Waals surface area (Å²) in [5, 5.41) is 0.767. The number of alkyl halides is 1. The Morgan fingerprint density at radius 1 is 1.53 bits per heavy atom. The Morgan fingerprint density at radius 3 is 3.00 bits per heavy atom. The summed E-state index contributed by atoms with van der Waals surface area (Å²) in [6.07, 6.45) is 0.106. The first-order valence-electron chi connectivity index (χ1n) is 5.43. The van der Waals surface area contributed by atoms with E-state index >= 15 is 0 Å². The van der Waals surface area contributed by atoms with Gasteiger partial charge in [0.05, 0.1) is 18.3 Å². The predicted molar refractivity (Wildman–Crippen MR) is 78.6 cm³/mol. The van der Waals surface area contributed by atoms with Crippen LogP contribution in [0.15, 0.2) is 24.3 Å². The Kier molecular flexibility index (Phi) is 4.81. The van der Waals surface area contributed by atoms with Crippen LogP contribution in [0.5, 0.6) is 0 Å². The van der Waals surface area contributed by atoms with E-state index in [0.717, 1.165) is 14.5 Å². The van der Waals surface area contributed by atoms with Crippen molar-refractivity contribution in [1.29, 1.82) is 0 Å². The van der Waals surface area contributed by atoms with E-state index in [0.29, 0.717) is 19.7 Å². The SMILES string of the molecule is O=C(c1ccccc1I)N1CCOC(CBr)C1. The molecule has 0 aliphatic carbocycles. The maximum absolute atomic E-state index is 12.3. The highest BCUT2D eigenvalue weighted by molar-refractivity contribution is 14.1. The molecule has 92 valence electrons. The van der Waals surface area contributed by atoms with Crippen molar-refractivity contribution in [2.45, 2.75) is 6.10 Å². The van der Waals surface area contributed by atoms with E-state index in [1.54, 1.807) is 0 Å². The molecule has 1 aromatic rings. The predicted octanol–water partition coefficient (Wildman–Crippen LogP) is 2.53. The van der Waals surface area contributed by atoms with Crippen LogP contribution in [0.25, 0.3) is 0 Å². The highest BCUT2D eigenvalue weighted by atomic mass is 127. The van der Waals surface area contributed by atoms with E-state index in [1.165, 1.54) is 0 Å². The molecule has 1 heterocycles. The standard InChI is InChI=1S/C12H13BrINO2/c13-7-9-8-15(5-6-17-9)12(16)10-3-1-2-4-11(10)14/h1-4,9H,5-8H2. The summed E-state index contributed by atoms with van der Waals surface area (Å²) >= 11 is 5.59. The molecule has 1 aliphatic rings. The fraction of sp³-hybridized carbons (Fsp3) is 0.417. The Hall–Kier alpha value is -0.140. The minimum absolute atomic E-state index is 0.101. The van der Waals surface area contributed by atoms with Gasteiger partial charge in [-0.1, -0.05) is 28.1 Å². The molecule has 1 unspecified atom stereocenters. The first-order chi connectivity index (χ1) is 8.22. The molecule has 17 heavy (non-hydrogen) atoms. The van der Waals surface area contributed by atoms with Crippen molar-refractivity contribution in [2.24, 2.45) is 0 Å². The second-order valence-electron chi connectivity index (χ2n) is 3.88. The number of morpholine rings is 1. The number of carbonyl (C=O) groups is 1. The van der Waals surface area contributed by atoms with Crippen LogP contribution in [0.3, 0.4) is 0 Å². The van der Waals surface area contributed by atoms with Gasteiger partial charge in [0.25, 0.3) is 5.91 Å². The fourth-order valence-corrected chi connectivity index (χ4v) is 2.81. The molecule has 0 saturated carbocycles. The first-order valence-corrected chi connectivity index (χ1v) is 7.63. The number of amides is 1. The van der Waals surface area contributed by atoms with Crippen LogP contribution < -0.4 is 0 Å². The van der Waals surface area contributed by atoms with Crippen LogP contribution in [0.1, 0.15) is 10.4 Å². The van der Waals surface area contributed by atoms with Crippen molar-refractivity contribution in [3.63, 3.8) is 0 Å². The second kappa shape index (κ2) is 6.15. The van der Waals surface area contributed by atoms with Crippen molar-refractivity contribution in [1.82, 2.24) is 4.90 Å². The molecule has 2 rings (SSSR count). The number of benzene rings is 1. The van der Waals surface area contributed by atoms with Gasteiger partial charge in [0, 0.05) is 22.0 Å². The van der Waals surface area contributed by atoms with Gasteiger partial charge in [-0.05, 0) is 34.7 Å². The quantitative estimate of drug-likeness (QED) is 0.554. The lowest BCUT2D eigenvalue weighted by molar-refractivity contribution is -0.00969. The summed E-state index contributed by atoms with van der Waals surface area (Å²) in [7, 11) is 0. The maximum atomic E-state index is 12.3. The molecule has 1 fully saturated rings. The van der Waals surface area contributed by atoms with Crippen molar-refractivity contribution in [3.8, 4) is 0 Å². The van der Waals surface area contributed by atoms with Gasteiger partial charge < -0.3 is 9.64 Å². The zero-order chi connectivity index (χ0) is 12.3. The average Bonchev–Trinajstić information content (AvgIpc) is 2.38. The van der Waals surface area contributed by atoms with Crippen LogP contribution in [0, 0.1) is 3.57 Å². The largest absolute Gasteiger partial charge is 0.374 e. The zero-order valence-corrected chi connectivity index (χ0v) is 13.0. The number of carbonyl (C=O) groups excluding carboxylic acids is 1. The van der Waals surface area contributed by atoms with E-state index in [-0.39, 0.29) is 12.0 Å². The van der Waals surface area contributed by atoms with E-state index in [2.05, 4.69) is 38.5 Å². The molecule has 0 spiro atoms. The zero-order valence-electron chi connectivity index (χ0n) is 9.23. The van der Waals surface area contributed by atoms with E-state index in [4.69, 9.17) is 4.74 Å². The smallest absolute Gasteiger partial charge is 0.255 e. The van der Waals surface area contributed by atoms with Gasteiger partial charge in [-0.3, -0.25) is 4.79 Å². The second-order valence-corrected chi connectivity index (χ2v) is 5.69. The van der Waals surface area contributed by atoms with Crippen LogP contribution in [0.4, 0.5) is 0 Å². The maximum Gasteiger partial charge on any atom is 0.255 e. The highest BCUT2D eigenvalue weighted by Crippen LogP contribution is 2.16. The molecular weight excluding hydrogens is 397 g/mol. The van der Waals surface area contributed by atoms with Gasteiger partial charge in [-0.25, -0.2) is 0 Å². The number of nitrogens with zero attached hydrogens (tertiary/aromatic N) is 1. The third kappa shape index (κ3) is 3.20. The third-order valence-electron chi connectivity index (χ3n) is 2.70. The number of hydrogen-bond donors (Lipinski definition) is 0. The van der Waals surface area contributed by atoms with Gasteiger partial charge in [0.2, 0.25) is 0 Å². The monoisotopic (exact) mass is 409 g/mol. The molecule has 1 aromatic carbocycles. The van der Waals surface area contributed by atoms with Crippen LogP contribution in [0.2, 0.25) is 0 Å². The van der Waals surface area contributed by atoms with Gasteiger partial charge >= 0.3 is 0 Å². The molecule has 0 aromatic heterocycles. The van der Waals surface area contributed by atoms with Crippen LogP contribution >= 0.6 is 38.5 Å². The number of hydrogen-bond acceptors (Lipinski definition) is 2. The first kappa shape index (κ1) is 13.3. The van der Waals surface area contributed by atoms with Crippen molar-refractivity contribution in [3.05, 3.63) is 33.4 Å². The van der Waals surface area contributed by atoms with Gasteiger partial charge in [0.15, 0.2) is 0 Å². The summed E-state index contributed by atoms with van der Waals surface area (Å²) in [6, 6.07) is 7.68. The van der Waals surface area contributed by atoms with Gasteiger partial charge in [-0.2, -0.15) is 0 Å². The lowest BCUT2D eigenvalue weighted by Gasteiger charge is -2.32. The Labute approximate surface area is 123 Å². The summed E-state index contributed by atoms with van der Waals surface area (Å²) in [4.78, 5) is 14.2. The molecular formula is C12H13BrINO2. The summed E-state index contributed by atoms with van der Waals surface area (Å²) in [6.45, 7) is 1.95. The van der Waals surface area contributed by atoms with E-state index in [9.17, 15) is 4.79 Å². The lowest BCUT2D eigenvalue weighted by atomic mass is 10.2. The summed E-state index contributed by atoms with van der Waals surface area (Å²) < 4.78 is 6.53. The van der Waals surface area contributed by atoms with Crippen molar-refractivity contribution >= 4 is 44.4 Å². The minimum Gasteiger partial charge on any atom is -0.374 e. The molecule has 1 aliphatic heterocycles. The molecule has 0 N–H and O–H groups in total. The minimum atomic E-state index is 0.101.